The first-order valence-corrected chi connectivity index (χ1v) is 10.4. The van der Waals surface area contributed by atoms with E-state index in [1.54, 1.807) is 0 Å². The minimum Gasteiger partial charge on any atom is -0.343 e. The van der Waals surface area contributed by atoms with Crippen molar-refractivity contribution >= 4 is 29.2 Å². The second kappa shape index (κ2) is 9.41. The van der Waals surface area contributed by atoms with Crippen molar-refractivity contribution in [3.63, 3.8) is 0 Å². The Balaban J connectivity index is 0.00000240. The summed E-state index contributed by atoms with van der Waals surface area (Å²) in [6.45, 7) is 5.95. The summed E-state index contributed by atoms with van der Waals surface area (Å²) in [5.41, 5.74) is 6.15. The topological polar surface area (TPSA) is 33.2 Å². The molecule has 1 aromatic heterocycles. The lowest BCUT2D eigenvalue weighted by Gasteiger charge is -2.32. The molecule has 0 spiro atoms. The van der Waals surface area contributed by atoms with Gasteiger partial charge in [-0.25, -0.2) is 0 Å². The molecule has 0 atom stereocenters. The predicted octanol–water partition coefficient (Wildman–Crippen LogP) is 5.82. The van der Waals surface area contributed by atoms with E-state index in [2.05, 4.69) is 54.4 Å². The molecule has 1 aliphatic heterocycles. The first-order chi connectivity index (χ1) is 13.7. The molecule has 29 heavy (non-hydrogen) atoms. The molecule has 2 aromatic carbocycles. The fourth-order valence-corrected chi connectivity index (χ4v) is 4.33. The number of likely N-dealkylation sites (tertiary alicyclic amines) is 1. The van der Waals surface area contributed by atoms with E-state index in [0.29, 0.717) is 18.2 Å². The van der Waals surface area contributed by atoms with Crippen LogP contribution >= 0.6 is 12.4 Å². The Kier molecular flexibility index (Phi) is 6.92. The average molecular weight is 409 g/mol. The first-order valence-electron chi connectivity index (χ1n) is 10.4. The number of nitrogens with zero attached hydrogens (tertiary/aromatic N) is 2. The number of aryl methyl sites for hydroxylation is 1. The molecule has 1 saturated heterocycles. The molecule has 1 amide bonds. The lowest BCUT2D eigenvalue weighted by Crippen LogP contribution is -2.38. The van der Waals surface area contributed by atoms with Crippen LogP contribution in [0.5, 0.6) is 0 Å². The molecule has 0 bridgehead atoms. The summed E-state index contributed by atoms with van der Waals surface area (Å²) in [7, 11) is 0. The van der Waals surface area contributed by atoms with Crippen molar-refractivity contribution in [3.8, 4) is 11.1 Å². The largest absolute Gasteiger partial charge is 0.343 e. The Hall–Kier alpha value is -2.39. The van der Waals surface area contributed by atoms with Crippen molar-refractivity contribution in [2.75, 3.05) is 13.1 Å². The number of fused-ring (bicyclic) bond motifs is 1. The normalized spacial score (nSPS) is 14.6. The minimum absolute atomic E-state index is 0. The number of carbonyl (C=O) groups is 1. The fourth-order valence-electron chi connectivity index (χ4n) is 4.33. The third-order valence-corrected chi connectivity index (χ3v) is 6.10. The highest BCUT2D eigenvalue weighted by Crippen LogP contribution is 2.29. The molecule has 0 saturated carbocycles. The molecule has 1 fully saturated rings. The minimum atomic E-state index is 0. The van der Waals surface area contributed by atoms with Crippen LogP contribution in [0.4, 0.5) is 0 Å². The van der Waals surface area contributed by atoms with E-state index in [1.807, 2.05) is 24.1 Å². The summed E-state index contributed by atoms with van der Waals surface area (Å²) in [5.74, 6) is 0.970. The van der Waals surface area contributed by atoms with Crippen LogP contribution in [0.25, 0.3) is 22.0 Å². The number of pyridine rings is 1. The monoisotopic (exact) mass is 408 g/mol. The van der Waals surface area contributed by atoms with E-state index < -0.39 is 0 Å². The number of rotatable bonds is 4. The first kappa shape index (κ1) is 21.3. The zero-order valence-corrected chi connectivity index (χ0v) is 18.0. The Morgan fingerprint density at radius 1 is 1.07 bits per heavy atom. The summed E-state index contributed by atoms with van der Waals surface area (Å²) in [6.07, 6.45) is 5.94. The zero-order chi connectivity index (χ0) is 19.5. The predicted molar refractivity (Wildman–Crippen MR) is 122 cm³/mol. The van der Waals surface area contributed by atoms with Crippen molar-refractivity contribution in [3.05, 3.63) is 65.9 Å². The van der Waals surface area contributed by atoms with Crippen LogP contribution in [0.3, 0.4) is 0 Å². The highest BCUT2D eigenvalue weighted by atomic mass is 35.5. The van der Waals surface area contributed by atoms with Crippen molar-refractivity contribution in [2.45, 2.75) is 39.5 Å². The van der Waals surface area contributed by atoms with Crippen LogP contribution in [-0.2, 0) is 11.2 Å². The quantitative estimate of drug-likeness (QED) is 0.544. The molecule has 1 aliphatic rings. The maximum absolute atomic E-state index is 11.8. The Bertz CT molecular complexity index is 976. The Labute approximate surface area is 179 Å². The van der Waals surface area contributed by atoms with Gasteiger partial charge in [-0.3, -0.25) is 9.78 Å². The summed E-state index contributed by atoms with van der Waals surface area (Å²) < 4.78 is 0. The molecule has 3 nitrogen and oxygen atoms in total. The molecule has 0 aliphatic carbocycles. The molecule has 152 valence electrons. The van der Waals surface area contributed by atoms with Gasteiger partial charge in [0.2, 0.25) is 5.91 Å². The third kappa shape index (κ3) is 4.62. The number of halogens is 1. The van der Waals surface area contributed by atoms with Gasteiger partial charge in [-0.1, -0.05) is 49.4 Å². The maximum Gasteiger partial charge on any atom is 0.222 e. The van der Waals surface area contributed by atoms with Gasteiger partial charge in [0, 0.05) is 36.7 Å². The lowest BCUT2D eigenvalue weighted by molar-refractivity contribution is -0.132. The molecule has 0 radical (unpaired) electrons. The molecule has 4 rings (SSSR count). The van der Waals surface area contributed by atoms with E-state index >= 15 is 0 Å². The summed E-state index contributed by atoms with van der Waals surface area (Å²) >= 11 is 0. The number of benzene rings is 2. The van der Waals surface area contributed by atoms with Crippen molar-refractivity contribution in [1.82, 2.24) is 9.88 Å². The smallest absolute Gasteiger partial charge is 0.222 e. The highest BCUT2D eigenvalue weighted by Gasteiger charge is 2.21. The molecule has 0 unspecified atom stereocenters. The van der Waals surface area contributed by atoms with Gasteiger partial charge in [-0.05, 0) is 54.9 Å². The molecule has 2 heterocycles. The van der Waals surface area contributed by atoms with Crippen LogP contribution in [0.1, 0.15) is 37.3 Å². The molecule has 4 heteroatoms. The van der Waals surface area contributed by atoms with Gasteiger partial charge in [-0.15, -0.1) is 12.4 Å². The Morgan fingerprint density at radius 2 is 1.76 bits per heavy atom. The van der Waals surface area contributed by atoms with E-state index in [9.17, 15) is 4.79 Å². The van der Waals surface area contributed by atoms with Crippen molar-refractivity contribution in [1.29, 1.82) is 0 Å². The van der Waals surface area contributed by atoms with E-state index in [0.717, 1.165) is 37.9 Å². The maximum atomic E-state index is 11.8. The van der Waals surface area contributed by atoms with E-state index in [-0.39, 0.29) is 12.4 Å². The SMILES string of the molecule is CCC(=O)N1CCC(Cc2ccc(-c3cnc4ccccc4c3C)cc2)CC1.Cl. The lowest BCUT2D eigenvalue weighted by atomic mass is 9.89. The van der Waals surface area contributed by atoms with Gasteiger partial charge >= 0.3 is 0 Å². The zero-order valence-electron chi connectivity index (χ0n) is 17.2. The standard InChI is InChI=1S/C25H28N2O.ClH/c1-3-25(28)27-14-12-20(13-15-27)16-19-8-10-21(11-9-19)23-17-26-24-7-5-4-6-22(24)18(23)2;/h4-11,17,20H,3,12-16H2,1-2H3;1H. The number of amides is 1. The van der Waals surface area contributed by atoms with Gasteiger partial charge < -0.3 is 4.90 Å². The molecule has 3 aromatic rings. The number of para-hydroxylation sites is 1. The summed E-state index contributed by atoms with van der Waals surface area (Å²) in [6, 6.07) is 17.3. The van der Waals surface area contributed by atoms with Gasteiger partial charge in [0.1, 0.15) is 0 Å². The van der Waals surface area contributed by atoms with E-state index in [4.69, 9.17) is 0 Å². The number of piperidine rings is 1. The van der Waals surface area contributed by atoms with Gasteiger partial charge in [0.05, 0.1) is 5.52 Å². The number of aromatic nitrogens is 1. The van der Waals surface area contributed by atoms with Crippen LogP contribution in [0.2, 0.25) is 0 Å². The van der Waals surface area contributed by atoms with E-state index in [1.165, 1.54) is 27.6 Å². The molecule has 0 N–H and O–H groups in total. The number of hydrogen-bond donors (Lipinski definition) is 0. The Morgan fingerprint density at radius 3 is 2.45 bits per heavy atom. The summed E-state index contributed by atoms with van der Waals surface area (Å²) in [4.78, 5) is 18.5. The molecular formula is C25H29ClN2O. The van der Waals surface area contributed by atoms with Gasteiger partial charge in [-0.2, -0.15) is 0 Å². The van der Waals surface area contributed by atoms with Gasteiger partial charge in [0.15, 0.2) is 0 Å². The van der Waals surface area contributed by atoms with Crippen molar-refractivity contribution in [2.24, 2.45) is 5.92 Å². The van der Waals surface area contributed by atoms with Crippen LogP contribution < -0.4 is 0 Å². The molecular weight excluding hydrogens is 380 g/mol. The van der Waals surface area contributed by atoms with Crippen molar-refractivity contribution < 1.29 is 4.79 Å². The second-order valence-corrected chi connectivity index (χ2v) is 7.89. The number of hydrogen-bond acceptors (Lipinski definition) is 2. The van der Waals surface area contributed by atoms with Crippen LogP contribution in [-0.4, -0.2) is 28.9 Å². The average Bonchev–Trinajstić information content (AvgIpc) is 2.75. The van der Waals surface area contributed by atoms with Gasteiger partial charge in [0.25, 0.3) is 0 Å². The number of carbonyl (C=O) groups excluding carboxylic acids is 1. The highest BCUT2D eigenvalue weighted by molar-refractivity contribution is 5.88. The van der Waals surface area contributed by atoms with Crippen LogP contribution in [0.15, 0.2) is 54.7 Å². The summed E-state index contributed by atoms with van der Waals surface area (Å²) in [5, 5.41) is 1.22. The van der Waals surface area contributed by atoms with Crippen LogP contribution in [0, 0.1) is 12.8 Å². The fraction of sp³-hybridized carbons (Fsp3) is 0.360. The second-order valence-electron chi connectivity index (χ2n) is 7.89. The third-order valence-electron chi connectivity index (χ3n) is 6.10.